The Balaban J connectivity index is 1.38. The number of carbonyl (C=O) groups is 4. The van der Waals surface area contributed by atoms with Crippen LogP contribution in [0, 0.1) is 0 Å². The Morgan fingerprint density at radius 2 is 1.50 bits per heavy atom. The Morgan fingerprint density at radius 1 is 0.854 bits per heavy atom. The number of unbranched alkanes of at least 4 members (excludes halogenated alkanes) is 3. The minimum absolute atomic E-state index is 0.0709. The number of oxazole rings is 1. The van der Waals surface area contributed by atoms with Crippen LogP contribution in [0.4, 0.5) is 0 Å². The summed E-state index contributed by atoms with van der Waals surface area (Å²) in [7, 11) is 0. The molecule has 0 aliphatic carbocycles. The lowest BCUT2D eigenvalue weighted by atomic mass is 10.1. The fourth-order valence-electron chi connectivity index (χ4n) is 5.08. The molecule has 48 heavy (non-hydrogen) atoms. The Kier molecular flexibility index (Phi) is 13.7. The predicted molar refractivity (Wildman–Crippen MR) is 185 cm³/mol. The van der Waals surface area contributed by atoms with Gasteiger partial charge in [-0.2, -0.15) is 0 Å². The summed E-state index contributed by atoms with van der Waals surface area (Å²) in [6.07, 6.45) is 6.50. The van der Waals surface area contributed by atoms with Crippen molar-refractivity contribution in [2.45, 2.75) is 51.5 Å². The third-order valence-corrected chi connectivity index (χ3v) is 7.69. The molecule has 3 aromatic carbocycles. The minimum atomic E-state index is -1.23. The number of carboxylic acid groups (broad SMARTS) is 1. The van der Waals surface area contributed by atoms with Crippen LogP contribution < -0.4 is 10.6 Å². The number of hydrogen-bond acceptors (Lipinski definition) is 6. The number of rotatable bonds is 18. The molecule has 4 aromatic rings. The van der Waals surface area contributed by atoms with Crippen LogP contribution in [0.25, 0.3) is 28.9 Å². The van der Waals surface area contributed by atoms with E-state index in [-0.39, 0.29) is 37.5 Å². The molecule has 1 heterocycles. The molecular weight excluding hydrogens is 608 g/mol. The molecule has 0 spiro atoms. The Hall–Kier alpha value is -5.51. The van der Waals surface area contributed by atoms with Crippen molar-refractivity contribution in [3.63, 3.8) is 0 Å². The summed E-state index contributed by atoms with van der Waals surface area (Å²) >= 11 is 0. The van der Waals surface area contributed by atoms with Crippen molar-refractivity contribution >= 4 is 29.8 Å². The van der Waals surface area contributed by atoms with Gasteiger partial charge in [-0.05, 0) is 36.6 Å². The molecule has 0 saturated heterocycles. The highest BCUT2D eigenvalue weighted by Crippen LogP contribution is 2.29. The maximum Gasteiger partial charge on any atom is 0.326 e. The smallest absolute Gasteiger partial charge is 0.326 e. The number of hydrogen-bond donors (Lipinski definition) is 3. The van der Waals surface area contributed by atoms with E-state index in [0.717, 1.165) is 36.8 Å². The van der Waals surface area contributed by atoms with Crippen LogP contribution in [0.5, 0.6) is 0 Å². The van der Waals surface area contributed by atoms with Gasteiger partial charge >= 0.3 is 5.97 Å². The van der Waals surface area contributed by atoms with Gasteiger partial charge in [0.1, 0.15) is 6.04 Å². The normalized spacial score (nSPS) is 11.6. The molecule has 1 unspecified atom stereocenters. The van der Waals surface area contributed by atoms with E-state index in [9.17, 15) is 24.3 Å². The standard InChI is InChI=1S/C38H42N4O6/c1-2-3-4-14-26-42(33(44)24-22-31(38(46)47)40-32(43)23-21-28-15-8-5-9-16-28)27-25-39-36(45)34-35(29-17-10-6-11-18-29)48-37(41-34)30-19-12-7-13-20-30/h5-13,15-21,23,31H,2-4,14,22,24-27H2,1H3,(H,39,45)(H,40,43)(H,46,47)/b23-21+. The van der Waals surface area contributed by atoms with Crippen LogP contribution in [0.3, 0.4) is 0 Å². The number of amides is 3. The minimum Gasteiger partial charge on any atom is -0.480 e. The second-order valence-corrected chi connectivity index (χ2v) is 11.3. The summed E-state index contributed by atoms with van der Waals surface area (Å²) in [5, 5.41) is 15.1. The maximum absolute atomic E-state index is 13.4. The molecule has 0 radical (unpaired) electrons. The number of nitrogens with zero attached hydrogens (tertiary/aromatic N) is 2. The zero-order chi connectivity index (χ0) is 34.1. The second kappa shape index (κ2) is 18.6. The quantitative estimate of drug-likeness (QED) is 0.0859. The zero-order valence-electron chi connectivity index (χ0n) is 27.1. The van der Waals surface area contributed by atoms with Gasteiger partial charge in [0, 0.05) is 43.3 Å². The lowest BCUT2D eigenvalue weighted by Crippen LogP contribution is -2.42. The summed E-state index contributed by atoms with van der Waals surface area (Å²) in [4.78, 5) is 57.3. The Morgan fingerprint density at radius 3 is 2.15 bits per heavy atom. The third-order valence-electron chi connectivity index (χ3n) is 7.69. The third kappa shape index (κ3) is 10.8. The van der Waals surface area contributed by atoms with Gasteiger partial charge in [-0.1, -0.05) is 105 Å². The van der Waals surface area contributed by atoms with E-state index in [2.05, 4.69) is 22.5 Å². The SMILES string of the molecule is CCCCCCN(CCNC(=O)c1nc(-c2ccccc2)oc1-c1ccccc1)C(=O)CCC(NC(=O)/C=C/c1ccccc1)C(=O)O. The van der Waals surface area contributed by atoms with Gasteiger partial charge in [0.2, 0.25) is 17.7 Å². The van der Waals surface area contributed by atoms with Crippen molar-refractivity contribution in [1.29, 1.82) is 0 Å². The highest BCUT2D eigenvalue weighted by molar-refractivity contribution is 5.98. The first-order valence-electron chi connectivity index (χ1n) is 16.3. The zero-order valence-corrected chi connectivity index (χ0v) is 27.1. The molecule has 0 aliphatic heterocycles. The molecule has 0 fully saturated rings. The largest absolute Gasteiger partial charge is 0.480 e. The van der Waals surface area contributed by atoms with Crippen molar-refractivity contribution in [3.8, 4) is 22.8 Å². The summed E-state index contributed by atoms with van der Waals surface area (Å²) in [5.41, 5.74) is 2.39. The topological polar surface area (TPSA) is 142 Å². The molecule has 4 rings (SSSR count). The summed E-state index contributed by atoms with van der Waals surface area (Å²) in [6.45, 7) is 2.95. The highest BCUT2D eigenvalue weighted by atomic mass is 16.4. The number of aliphatic carboxylic acids is 1. The van der Waals surface area contributed by atoms with Crippen LogP contribution in [0.15, 0.2) is 101 Å². The number of benzene rings is 3. The van der Waals surface area contributed by atoms with Gasteiger partial charge in [-0.3, -0.25) is 14.4 Å². The highest BCUT2D eigenvalue weighted by Gasteiger charge is 2.24. The lowest BCUT2D eigenvalue weighted by Gasteiger charge is -2.24. The van der Waals surface area contributed by atoms with Crippen LogP contribution >= 0.6 is 0 Å². The Bertz CT molecular complexity index is 1650. The van der Waals surface area contributed by atoms with E-state index in [1.165, 1.54) is 6.08 Å². The summed E-state index contributed by atoms with van der Waals surface area (Å²) < 4.78 is 6.07. The molecule has 0 saturated carbocycles. The molecule has 10 nitrogen and oxygen atoms in total. The van der Waals surface area contributed by atoms with Crippen LogP contribution in [0.1, 0.15) is 61.5 Å². The van der Waals surface area contributed by atoms with Crippen LogP contribution in [-0.2, 0) is 14.4 Å². The van der Waals surface area contributed by atoms with Gasteiger partial charge in [0.15, 0.2) is 11.5 Å². The first-order valence-corrected chi connectivity index (χ1v) is 16.3. The van der Waals surface area contributed by atoms with Gasteiger partial charge in [-0.15, -0.1) is 0 Å². The molecule has 1 aromatic heterocycles. The first-order chi connectivity index (χ1) is 23.4. The average Bonchev–Trinajstić information content (AvgIpc) is 3.57. The summed E-state index contributed by atoms with van der Waals surface area (Å²) in [6, 6.07) is 26.5. The van der Waals surface area contributed by atoms with E-state index in [1.807, 2.05) is 91.0 Å². The second-order valence-electron chi connectivity index (χ2n) is 11.3. The maximum atomic E-state index is 13.4. The fraction of sp³-hybridized carbons (Fsp3) is 0.289. The molecule has 0 aliphatic rings. The van der Waals surface area contributed by atoms with Crippen molar-refractivity contribution in [2.24, 2.45) is 0 Å². The molecule has 10 heteroatoms. The molecule has 0 bridgehead atoms. The molecule has 250 valence electrons. The Labute approximate surface area is 280 Å². The van der Waals surface area contributed by atoms with E-state index < -0.39 is 23.8 Å². The van der Waals surface area contributed by atoms with E-state index in [4.69, 9.17) is 4.42 Å². The monoisotopic (exact) mass is 650 g/mol. The molecule has 3 N–H and O–H groups in total. The van der Waals surface area contributed by atoms with Crippen molar-refractivity contribution in [1.82, 2.24) is 20.5 Å². The van der Waals surface area contributed by atoms with E-state index in [0.29, 0.717) is 23.8 Å². The number of carbonyl (C=O) groups excluding carboxylic acids is 3. The average molecular weight is 651 g/mol. The van der Waals surface area contributed by atoms with Crippen LogP contribution in [0.2, 0.25) is 0 Å². The van der Waals surface area contributed by atoms with Gasteiger partial charge in [-0.25, -0.2) is 9.78 Å². The van der Waals surface area contributed by atoms with E-state index >= 15 is 0 Å². The number of nitrogens with one attached hydrogen (secondary N) is 2. The lowest BCUT2D eigenvalue weighted by molar-refractivity contribution is -0.141. The van der Waals surface area contributed by atoms with Gasteiger partial charge in [0.25, 0.3) is 5.91 Å². The number of carboxylic acids is 1. The van der Waals surface area contributed by atoms with Crippen molar-refractivity contribution in [3.05, 3.63) is 108 Å². The van der Waals surface area contributed by atoms with Crippen molar-refractivity contribution in [2.75, 3.05) is 19.6 Å². The first kappa shape index (κ1) is 35.3. The van der Waals surface area contributed by atoms with Crippen LogP contribution in [-0.4, -0.2) is 64.4 Å². The summed E-state index contributed by atoms with van der Waals surface area (Å²) in [5.74, 6) is -1.80. The molecule has 1 atom stereocenters. The number of aromatic nitrogens is 1. The molecule has 3 amide bonds. The van der Waals surface area contributed by atoms with Crippen molar-refractivity contribution < 1.29 is 28.7 Å². The van der Waals surface area contributed by atoms with Gasteiger partial charge < -0.3 is 25.1 Å². The van der Waals surface area contributed by atoms with E-state index in [1.54, 1.807) is 11.0 Å². The fourth-order valence-corrected chi connectivity index (χ4v) is 5.08. The molecular formula is C38H42N4O6. The predicted octanol–water partition coefficient (Wildman–Crippen LogP) is 6.21. The van der Waals surface area contributed by atoms with Gasteiger partial charge in [0.05, 0.1) is 0 Å².